The average molecular weight is 380 g/mol. The zero-order valence-corrected chi connectivity index (χ0v) is 17.0. The summed E-state index contributed by atoms with van der Waals surface area (Å²) < 4.78 is 6.80. The Morgan fingerprint density at radius 1 is 1.32 bits per heavy atom. The lowest BCUT2D eigenvalue weighted by molar-refractivity contribution is -0.122. The smallest absolute Gasteiger partial charge is 0.267 e. The molecule has 1 N–H and O–H groups in total. The molecule has 0 aliphatic rings. The highest BCUT2D eigenvalue weighted by Crippen LogP contribution is 2.27. The van der Waals surface area contributed by atoms with Crippen LogP contribution < -0.4 is 10.1 Å². The van der Waals surface area contributed by atoms with Crippen LogP contribution in [0.15, 0.2) is 22.5 Å². The molecule has 0 radical (unpaired) electrons. The Balaban J connectivity index is 1.99. The van der Waals surface area contributed by atoms with E-state index in [1.807, 2.05) is 39.0 Å². The normalized spacial score (nSPS) is 12.2. The van der Waals surface area contributed by atoms with Crippen LogP contribution in [0.4, 0.5) is 5.13 Å². The van der Waals surface area contributed by atoms with Gasteiger partial charge in [-0.2, -0.15) is 0 Å². The predicted octanol–water partition coefficient (Wildman–Crippen LogP) is 4.70. The van der Waals surface area contributed by atoms with Gasteiger partial charge in [-0.05, 0) is 43.4 Å². The summed E-state index contributed by atoms with van der Waals surface area (Å²) in [6, 6.07) is 5.86. The number of nitrogens with one attached hydrogen (secondary N) is 1. The lowest BCUT2D eigenvalue weighted by atomic mass is 10.1. The maximum Gasteiger partial charge on any atom is 0.267 e. The van der Waals surface area contributed by atoms with Gasteiger partial charge in [0.25, 0.3) is 5.91 Å². The van der Waals surface area contributed by atoms with Crippen molar-refractivity contribution in [3.8, 4) is 5.75 Å². The molecule has 0 spiro atoms. The molecule has 0 bridgehead atoms. The summed E-state index contributed by atoms with van der Waals surface area (Å²) >= 11 is 3.06. The van der Waals surface area contributed by atoms with Crippen LogP contribution in [0.1, 0.15) is 38.3 Å². The van der Waals surface area contributed by atoms with E-state index in [0.717, 1.165) is 27.0 Å². The number of carbonyl (C=O) groups is 1. The highest BCUT2D eigenvalue weighted by atomic mass is 32.2. The summed E-state index contributed by atoms with van der Waals surface area (Å²) in [7, 11) is 0. The van der Waals surface area contributed by atoms with E-state index in [0.29, 0.717) is 17.5 Å². The van der Waals surface area contributed by atoms with Crippen molar-refractivity contribution in [2.24, 2.45) is 5.92 Å². The fourth-order valence-electron chi connectivity index (χ4n) is 2.07. The molecule has 2 aromatic rings. The highest BCUT2D eigenvalue weighted by Gasteiger charge is 2.21. The monoisotopic (exact) mass is 379 g/mol. The maximum atomic E-state index is 12.5. The molecule has 0 aliphatic heterocycles. The number of aromatic nitrogens is 2. The number of hydrogen-bond donors (Lipinski definition) is 1. The molecule has 136 valence electrons. The van der Waals surface area contributed by atoms with Crippen LogP contribution in [0.5, 0.6) is 5.75 Å². The molecule has 1 aromatic heterocycles. The fourth-order valence-corrected chi connectivity index (χ4v) is 3.80. The van der Waals surface area contributed by atoms with Gasteiger partial charge in [-0.25, -0.2) is 0 Å². The number of aryl methyl sites for hydroxylation is 1. The molecule has 1 aromatic carbocycles. The Kier molecular flexibility index (Phi) is 7.25. The van der Waals surface area contributed by atoms with E-state index in [1.165, 1.54) is 11.3 Å². The van der Waals surface area contributed by atoms with Gasteiger partial charge in [0, 0.05) is 5.75 Å². The lowest BCUT2D eigenvalue weighted by Gasteiger charge is -2.18. The number of amides is 1. The molecule has 1 unspecified atom stereocenters. The summed E-state index contributed by atoms with van der Waals surface area (Å²) in [6.07, 6.45) is 0.0173. The molecule has 0 saturated carbocycles. The first-order chi connectivity index (χ1) is 11.9. The van der Waals surface area contributed by atoms with Crippen LogP contribution in [0, 0.1) is 19.8 Å². The van der Waals surface area contributed by atoms with E-state index in [2.05, 4.69) is 29.4 Å². The fraction of sp³-hybridized carbons (Fsp3) is 0.500. The molecule has 0 fully saturated rings. The molecular weight excluding hydrogens is 354 g/mol. The molecule has 0 saturated heterocycles. The first kappa shape index (κ1) is 19.7. The Hall–Kier alpha value is -1.60. The molecule has 1 heterocycles. The summed E-state index contributed by atoms with van der Waals surface area (Å²) in [5.74, 6) is 2.12. The van der Waals surface area contributed by atoms with Crippen molar-refractivity contribution in [1.82, 2.24) is 10.2 Å². The number of anilines is 1. The second-order valence-corrected chi connectivity index (χ2v) is 8.52. The third-order valence-electron chi connectivity index (χ3n) is 3.66. The second kappa shape index (κ2) is 9.20. The van der Waals surface area contributed by atoms with Gasteiger partial charge in [-0.3, -0.25) is 10.1 Å². The number of carbonyl (C=O) groups excluding carboxylic acids is 1. The number of thioether (sulfide) groups is 1. The van der Waals surface area contributed by atoms with E-state index < -0.39 is 6.10 Å². The van der Waals surface area contributed by atoms with Crippen LogP contribution in [-0.4, -0.2) is 28.0 Å². The van der Waals surface area contributed by atoms with Gasteiger partial charge in [0.2, 0.25) is 5.13 Å². The third-order valence-corrected chi connectivity index (χ3v) is 6.06. The molecular formula is C18H25N3O2S2. The standard InChI is InChI=1S/C18H25N3O2S2/c1-6-14(23-15-9-7-8-12(4)13(15)5)16(22)19-17-20-21-18(25-17)24-10-11(2)3/h7-9,11,14H,6,10H2,1-5H3,(H,19,20,22). The Morgan fingerprint density at radius 2 is 2.08 bits per heavy atom. The van der Waals surface area contributed by atoms with Crippen molar-refractivity contribution < 1.29 is 9.53 Å². The second-order valence-electron chi connectivity index (χ2n) is 6.28. The van der Waals surface area contributed by atoms with E-state index in [-0.39, 0.29) is 5.91 Å². The quantitative estimate of drug-likeness (QED) is 0.532. The molecule has 25 heavy (non-hydrogen) atoms. The van der Waals surface area contributed by atoms with Gasteiger partial charge in [0.1, 0.15) is 5.75 Å². The summed E-state index contributed by atoms with van der Waals surface area (Å²) in [5, 5.41) is 11.5. The molecule has 2 rings (SSSR count). The van der Waals surface area contributed by atoms with Crippen molar-refractivity contribution >= 4 is 34.1 Å². The minimum Gasteiger partial charge on any atom is -0.480 e. The van der Waals surface area contributed by atoms with Gasteiger partial charge in [0.15, 0.2) is 10.4 Å². The van der Waals surface area contributed by atoms with Crippen molar-refractivity contribution in [2.75, 3.05) is 11.1 Å². The first-order valence-electron chi connectivity index (χ1n) is 8.40. The minimum absolute atomic E-state index is 0.194. The summed E-state index contributed by atoms with van der Waals surface area (Å²) in [4.78, 5) is 12.5. The number of rotatable bonds is 8. The maximum absolute atomic E-state index is 12.5. The van der Waals surface area contributed by atoms with Crippen molar-refractivity contribution in [3.05, 3.63) is 29.3 Å². The van der Waals surface area contributed by atoms with Crippen molar-refractivity contribution in [3.63, 3.8) is 0 Å². The predicted molar refractivity (Wildman–Crippen MR) is 105 cm³/mol. The van der Waals surface area contributed by atoms with Gasteiger partial charge in [-0.1, -0.05) is 56.0 Å². The van der Waals surface area contributed by atoms with E-state index >= 15 is 0 Å². The summed E-state index contributed by atoms with van der Waals surface area (Å²) in [5.41, 5.74) is 2.20. The topological polar surface area (TPSA) is 64.1 Å². The number of nitrogens with zero attached hydrogens (tertiary/aromatic N) is 2. The zero-order chi connectivity index (χ0) is 18.4. The Bertz CT molecular complexity index is 716. The molecule has 1 amide bonds. The van der Waals surface area contributed by atoms with E-state index in [9.17, 15) is 4.79 Å². The van der Waals surface area contributed by atoms with Crippen LogP contribution in [0.25, 0.3) is 0 Å². The van der Waals surface area contributed by atoms with Gasteiger partial charge in [0.05, 0.1) is 0 Å². The van der Waals surface area contributed by atoms with Gasteiger partial charge >= 0.3 is 0 Å². The summed E-state index contributed by atoms with van der Waals surface area (Å²) in [6.45, 7) is 10.3. The third kappa shape index (κ3) is 5.71. The molecule has 5 nitrogen and oxygen atoms in total. The largest absolute Gasteiger partial charge is 0.480 e. The highest BCUT2D eigenvalue weighted by molar-refractivity contribution is 8.01. The Morgan fingerprint density at radius 3 is 2.76 bits per heavy atom. The van der Waals surface area contributed by atoms with E-state index in [1.54, 1.807) is 11.8 Å². The van der Waals surface area contributed by atoms with Crippen LogP contribution in [0.3, 0.4) is 0 Å². The molecule has 0 aliphatic carbocycles. The van der Waals surface area contributed by atoms with Crippen LogP contribution >= 0.6 is 23.1 Å². The SMILES string of the molecule is CCC(Oc1cccc(C)c1C)C(=O)Nc1nnc(SCC(C)C)s1. The van der Waals surface area contributed by atoms with Gasteiger partial charge in [-0.15, -0.1) is 10.2 Å². The first-order valence-corrected chi connectivity index (χ1v) is 10.2. The number of benzene rings is 1. The number of hydrogen-bond acceptors (Lipinski definition) is 6. The van der Waals surface area contributed by atoms with Crippen LogP contribution in [-0.2, 0) is 4.79 Å². The Labute approximate surface area is 157 Å². The van der Waals surface area contributed by atoms with Crippen molar-refractivity contribution in [1.29, 1.82) is 0 Å². The van der Waals surface area contributed by atoms with E-state index in [4.69, 9.17) is 4.74 Å². The minimum atomic E-state index is -0.559. The molecule has 1 atom stereocenters. The zero-order valence-electron chi connectivity index (χ0n) is 15.3. The number of ether oxygens (including phenoxy) is 1. The lowest BCUT2D eigenvalue weighted by Crippen LogP contribution is -2.32. The average Bonchev–Trinajstić information content (AvgIpc) is 3.01. The van der Waals surface area contributed by atoms with Gasteiger partial charge < -0.3 is 4.74 Å². The van der Waals surface area contributed by atoms with Crippen molar-refractivity contribution in [2.45, 2.75) is 51.5 Å². The van der Waals surface area contributed by atoms with Crippen LogP contribution in [0.2, 0.25) is 0 Å². The molecule has 7 heteroatoms.